The van der Waals surface area contributed by atoms with Crippen molar-refractivity contribution >= 4 is 29.7 Å². The van der Waals surface area contributed by atoms with Crippen LogP contribution in [0, 0.1) is 0 Å². The monoisotopic (exact) mass is 359 g/mol. The van der Waals surface area contributed by atoms with E-state index in [1.807, 2.05) is 0 Å². The molecule has 25 heavy (non-hydrogen) atoms. The number of guanidine groups is 1. The maximum absolute atomic E-state index is 11.9. The Hall–Kier alpha value is -2.89. The molecule has 0 saturated heterocycles. The Morgan fingerprint density at radius 2 is 1.72 bits per heavy atom. The number of rotatable bonds is 11. The zero-order valence-corrected chi connectivity index (χ0v) is 13.9. The molecule has 3 amide bonds. The summed E-state index contributed by atoms with van der Waals surface area (Å²) in [7, 11) is 0. The molecule has 0 aromatic carbocycles. The quantitative estimate of drug-likeness (QED) is 0.110. The molecular formula is C13H25N7O5. The third kappa shape index (κ3) is 11.3. The fourth-order valence-electron chi connectivity index (χ4n) is 1.59. The predicted octanol–water partition coefficient (Wildman–Crippen LogP) is -3.81. The van der Waals surface area contributed by atoms with Gasteiger partial charge < -0.3 is 38.3 Å². The first-order chi connectivity index (χ1) is 11.6. The normalized spacial score (nSPS) is 12.4. The average molecular weight is 359 g/mol. The lowest BCUT2D eigenvalue weighted by molar-refractivity contribution is -0.138. The van der Waals surface area contributed by atoms with Gasteiger partial charge in [0, 0.05) is 6.54 Å². The zero-order valence-electron chi connectivity index (χ0n) is 13.9. The molecule has 0 aromatic heterocycles. The Kier molecular flexibility index (Phi) is 10.3. The number of carboxylic acid groups (broad SMARTS) is 1. The van der Waals surface area contributed by atoms with Crippen LogP contribution in [-0.4, -0.2) is 66.5 Å². The number of nitrogens with one attached hydrogen (secondary N) is 3. The van der Waals surface area contributed by atoms with E-state index in [0.717, 1.165) is 0 Å². The fraction of sp³-hybridized carbons (Fsp3) is 0.615. The number of nitrogens with zero attached hydrogens (tertiary/aromatic N) is 1. The number of aliphatic imine (C=N–C) groups is 1. The number of amides is 3. The van der Waals surface area contributed by atoms with Crippen molar-refractivity contribution in [3.63, 3.8) is 0 Å². The first-order valence-corrected chi connectivity index (χ1v) is 7.51. The van der Waals surface area contributed by atoms with E-state index >= 15 is 0 Å². The highest BCUT2D eigenvalue weighted by Gasteiger charge is 2.20. The summed E-state index contributed by atoms with van der Waals surface area (Å²) >= 11 is 0. The van der Waals surface area contributed by atoms with E-state index in [-0.39, 0.29) is 5.96 Å². The van der Waals surface area contributed by atoms with Crippen LogP contribution in [0.25, 0.3) is 0 Å². The van der Waals surface area contributed by atoms with Crippen molar-refractivity contribution in [1.29, 1.82) is 0 Å². The molecule has 0 spiro atoms. The van der Waals surface area contributed by atoms with Crippen LogP contribution in [0.15, 0.2) is 4.99 Å². The third-order valence-electron chi connectivity index (χ3n) is 2.92. The summed E-state index contributed by atoms with van der Waals surface area (Å²) in [4.78, 5) is 48.9. The van der Waals surface area contributed by atoms with Gasteiger partial charge in [-0.1, -0.05) is 0 Å². The summed E-state index contributed by atoms with van der Waals surface area (Å²) in [5, 5.41) is 15.2. The Bertz CT molecular complexity index is 519. The lowest BCUT2D eigenvalue weighted by Crippen LogP contribution is -2.51. The SMILES string of the molecule is CC(NC(=O)C(N)CCCN=C(N)N)C(=O)NCC(=O)NCC(=O)O. The molecule has 2 unspecified atom stereocenters. The van der Waals surface area contributed by atoms with E-state index in [1.54, 1.807) is 0 Å². The van der Waals surface area contributed by atoms with Crippen LogP contribution in [-0.2, 0) is 19.2 Å². The molecule has 0 heterocycles. The number of carbonyl (C=O) groups excluding carboxylic acids is 3. The number of aliphatic carboxylic acids is 1. The number of hydrogen-bond donors (Lipinski definition) is 7. The summed E-state index contributed by atoms with van der Waals surface area (Å²) in [5.41, 5.74) is 16.0. The standard InChI is InChI=1S/C13H25N7O5/c1-7(11(24)19-5-9(21)18-6-10(22)23)20-12(25)8(14)3-2-4-17-13(15)16/h7-8H,2-6,14H2,1H3,(H,18,21)(H,19,24)(H,20,25)(H,22,23)(H4,15,16,17). The molecule has 0 fully saturated rings. The topological polar surface area (TPSA) is 215 Å². The van der Waals surface area contributed by atoms with Gasteiger partial charge in [-0.25, -0.2) is 0 Å². The molecule has 0 aromatic rings. The highest BCUT2D eigenvalue weighted by atomic mass is 16.4. The van der Waals surface area contributed by atoms with Crippen LogP contribution in [0.2, 0.25) is 0 Å². The van der Waals surface area contributed by atoms with Crippen LogP contribution in [0.1, 0.15) is 19.8 Å². The van der Waals surface area contributed by atoms with E-state index < -0.39 is 48.9 Å². The first kappa shape index (κ1) is 22.1. The molecule has 0 aliphatic rings. The van der Waals surface area contributed by atoms with Gasteiger partial charge in [-0.2, -0.15) is 0 Å². The van der Waals surface area contributed by atoms with Gasteiger partial charge in [0.1, 0.15) is 12.6 Å². The minimum Gasteiger partial charge on any atom is -0.480 e. The van der Waals surface area contributed by atoms with E-state index in [1.165, 1.54) is 6.92 Å². The molecule has 0 aliphatic heterocycles. The second-order valence-corrected chi connectivity index (χ2v) is 5.17. The van der Waals surface area contributed by atoms with Crippen molar-refractivity contribution in [3.05, 3.63) is 0 Å². The Morgan fingerprint density at radius 3 is 2.28 bits per heavy atom. The summed E-state index contributed by atoms with van der Waals surface area (Å²) in [6.45, 7) is 0.811. The molecule has 0 radical (unpaired) electrons. The van der Waals surface area contributed by atoms with Gasteiger partial charge in [0.2, 0.25) is 17.7 Å². The maximum atomic E-state index is 11.9. The minimum absolute atomic E-state index is 0.0456. The van der Waals surface area contributed by atoms with Crippen molar-refractivity contribution < 1.29 is 24.3 Å². The molecule has 0 bridgehead atoms. The maximum Gasteiger partial charge on any atom is 0.322 e. The fourth-order valence-corrected chi connectivity index (χ4v) is 1.59. The molecular weight excluding hydrogens is 334 g/mol. The Morgan fingerprint density at radius 1 is 1.08 bits per heavy atom. The highest BCUT2D eigenvalue weighted by Crippen LogP contribution is 1.96. The van der Waals surface area contributed by atoms with E-state index in [9.17, 15) is 19.2 Å². The van der Waals surface area contributed by atoms with Crippen molar-refractivity contribution in [3.8, 4) is 0 Å². The van der Waals surface area contributed by atoms with Gasteiger partial charge in [-0.05, 0) is 19.8 Å². The molecule has 0 rings (SSSR count). The molecule has 12 heteroatoms. The number of carbonyl (C=O) groups is 4. The lowest BCUT2D eigenvalue weighted by atomic mass is 10.1. The van der Waals surface area contributed by atoms with Gasteiger partial charge in [-0.3, -0.25) is 24.2 Å². The summed E-state index contributed by atoms with van der Waals surface area (Å²) in [6.07, 6.45) is 0.825. The molecule has 0 aliphatic carbocycles. The van der Waals surface area contributed by atoms with Gasteiger partial charge in [0.05, 0.1) is 12.6 Å². The third-order valence-corrected chi connectivity index (χ3v) is 2.92. The van der Waals surface area contributed by atoms with Crippen LogP contribution < -0.4 is 33.2 Å². The second kappa shape index (κ2) is 11.6. The molecule has 2 atom stereocenters. The Balaban J connectivity index is 4.11. The smallest absolute Gasteiger partial charge is 0.322 e. The Labute approximate surface area is 144 Å². The molecule has 10 N–H and O–H groups in total. The predicted molar refractivity (Wildman–Crippen MR) is 89.1 cm³/mol. The van der Waals surface area contributed by atoms with Crippen molar-refractivity contribution in [1.82, 2.24) is 16.0 Å². The molecule has 0 saturated carbocycles. The number of carboxylic acids is 1. The number of nitrogens with two attached hydrogens (primary N) is 3. The van der Waals surface area contributed by atoms with Crippen molar-refractivity contribution in [2.24, 2.45) is 22.2 Å². The van der Waals surface area contributed by atoms with Crippen molar-refractivity contribution in [2.75, 3.05) is 19.6 Å². The van der Waals surface area contributed by atoms with Gasteiger partial charge in [0.15, 0.2) is 5.96 Å². The van der Waals surface area contributed by atoms with Gasteiger partial charge in [-0.15, -0.1) is 0 Å². The van der Waals surface area contributed by atoms with E-state index in [0.29, 0.717) is 19.4 Å². The summed E-state index contributed by atoms with van der Waals surface area (Å²) < 4.78 is 0. The lowest BCUT2D eigenvalue weighted by Gasteiger charge is -2.17. The second-order valence-electron chi connectivity index (χ2n) is 5.17. The molecule has 142 valence electrons. The van der Waals surface area contributed by atoms with Gasteiger partial charge in [0.25, 0.3) is 0 Å². The first-order valence-electron chi connectivity index (χ1n) is 7.51. The van der Waals surface area contributed by atoms with E-state index in [4.69, 9.17) is 22.3 Å². The van der Waals surface area contributed by atoms with E-state index in [2.05, 4.69) is 20.9 Å². The largest absolute Gasteiger partial charge is 0.480 e. The van der Waals surface area contributed by atoms with Gasteiger partial charge >= 0.3 is 5.97 Å². The zero-order chi connectivity index (χ0) is 19.4. The van der Waals surface area contributed by atoms with Crippen LogP contribution in [0.5, 0.6) is 0 Å². The highest BCUT2D eigenvalue weighted by molar-refractivity contribution is 5.91. The molecule has 12 nitrogen and oxygen atoms in total. The summed E-state index contributed by atoms with van der Waals surface area (Å²) in [6, 6.07) is -1.74. The average Bonchev–Trinajstić information content (AvgIpc) is 2.53. The van der Waals surface area contributed by atoms with Crippen molar-refractivity contribution in [2.45, 2.75) is 31.8 Å². The minimum atomic E-state index is -1.20. The van der Waals surface area contributed by atoms with Crippen LogP contribution >= 0.6 is 0 Å². The number of hydrogen-bond acceptors (Lipinski definition) is 6. The van der Waals surface area contributed by atoms with Crippen LogP contribution in [0.4, 0.5) is 0 Å². The van der Waals surface area contributed by atoms with Crippen LogP contribution in [0.3, 0.4) is 0 Å². The summed E-state index contributed by atoms with van der Waals surface area (Å²) in [5.74, 6) is -3.04.